The van der Waals surface area contributed by atoms with Crippen LogP contribution in [0, 0.1) is 0 Å². The van der Waals surface area contributed by atoms with Crippen LogP contribution in [0.4, 0.5) is 0 Å². The van der Waals surface area contributed by atoms with Gasteiger partial charge in [-0.2, -0.15) is 0 Å². The third-order valence-corrected chi connectivity index (χ3v) is 2.55. The summed E-state index contributed by atoms with van der Waals surface area (Å²) in [7, 11) is 1.53. The molecule has 1 N–H and O–H groups in total. The van der Waals surface area contributed by atoms with Crippen LogP contribution in [-0.4, -0.2) is 28.8 Å². The highest BCUT2D eigenvalue weighted by Gasteiger charge is 2.17. The van der Waals surface area contributed by atoms with Gasteiger partial charge >= 0.3 is 0 Å². The molecule has 1 heterocycles. The number of ether oxygens (including phenoxy) is 1. The summed E-state index contributed by atoms with van der Waals surface area (Å²) in [6, 6.07) is 11.2. The molecule has 0 aliphatic carbocycles. The zero-order chi connectivity index (χ0) is 13.8. The van der Waals surface area contributed by atoms with E-state index in [1.54, 1.807) is 10.7 Å². The molecule has 1 aromatic carbocycles. The number of aromatic nitrogens is 2. The third-order valence-electron chi connectivity index (χ3n) is 2.55. The van der Waals surface area contributed by atoms with Crippen LogP contribution in [0.15, 0.2) is 36.4 Å². The molecule has 0 saturated heterocycles. The van der Waals surface area contributed by atoms with Crippen molar-refractivity contribution in [1.82, 2.24) is 15.1 Å². The van der Waals surface area contributed by atoms with Crippen molar-refractivity contribution in [2.45, 2.75) is 19.9 Å². The molecule has 5 nitrogen and oxygen atoms in total. The van der Waals surface area contributed by atoms with Gasteiger partial charge in [-0.05, 0) is 26.0 Å². The van der Waals surface area contributed by atoms with E-state index in [1.807, 2.05) is 44.2 Å². The van der Waals surface area contributed by atoms with Crippen LogP contribution >= 0.6 is 0 Å². The summed E-state index contributed by atoms with van der Waals surface area (Å²) in [6.45, 7) is 3.83. The molecule has 19 heavy (non-hydrogen) atoms. The van der Waals surface area contributed by atoms with Crippen LogP contribution in [0.3, 0.4) is 0 Å². The van der Waals surface area contributed by atoms with E-state index in [0.29, 0.717) is 11.6 Å². The Morgan fingerprint density at radius 1 is 1.32 bits per heavy atom. The topological polar surface area (TPSA) is 56.1 Å². The highest BCUT2D eigenvalue weighted by molar-refractivity contribution is 5.93. The van der Waals surface area contributed by atoms with E-state index in [-0.39, 0.29) is 11.9 Å². The van der Waals surface area contributed by atoms with Crippen molar-refractivity contribution in [2.24, 2.45) is 0 Å². The van der Waals surface area contributed by atoms with Crippen LogP contribution in [0.1, 0.15) is 24.3 Å². The molecule has 0 bridgehead atoms. The highest BCUT2D eigenvalue weighted by Crippen LogP contribution is 2.17. The summed E-state index contributed by atoms with van der Waals surface area (Å²) in [5.41, 5.74) is 1.27. The van der Waals surface area contributed by atoms with Gasteiger partial charge in [0.25, 0.3) is 5.91 Å². The van der Waals surface area contributed by atoms with Crippen molar-refractivity contribution in [3.63, 3.8) is 0 Å². The monoisotopic (exact) mass is 259 g/mol. The van der Waals surface area contributed by atoms with Crippen molar-refractivity contribution in [2.75, 3.05) is 7.11 Å². The Kier molecular flexibility index (Phi) is 3.85. The van der Waals surface area contributed by atoms with Crippen LogP contribution in [0.25, 0.3) is 5.69 Å². The SMILES string of the molecule is COc1cc(C(=O)NC(C)C)n(-c2ccccc2)n1. The Labute approximate surface area is 112 Å². The first-order valence-corrected chi connectivity index (χ1v) is 6.12. The van der Waals surface area contributed by atoms with Crippen LogP contribution in [0.5, 0.6) is 5.88 Å². The minimum atomic E-state index is -0.172. The molecule has 0 radical (unpaired) electrons. The number of para-hydroxylation sites is 1. The Morgan fingerprint density at radius 3 is 2.58 bits per heavy atom. The Balaban J connectivity index is 2.43. The first kappa shape index (κ1) is 13.1. The first-order chi connectivity index (χ1) is 9.11. The molecule has 0 aliphatic rings. The van der Waals surface area contributed by atoms with Crippen molar-refractivity contribution in [1.29, 1.82) is 0 Å². The lowest BCUT2D eigenvalue weighted by Crippen LogP contribution is -2.31. The van der Waals surface area contributed by atoms with Gasteiger partial charge in [-0.3, -0.25) is 4.79 Å². The van der Waals surface area contributed by atoms with E-state index < -0.39 is 0 Å². The molecule has 0 unspecified atom stereocenters. The van der Waals surface area contributed by atoms with E-state index in [4.69, 9.17) is 4.74 Å². The van der Waals surface area contributed by atoms with Gasteiger partial charge < -0.3 is 10.1 Å². The quantitative estimate of drug-likeness (QED) is 0.914. The number of nitrogens with one attached hydrogen (secondary N) is 1. The number of hydrogen-bond acceptors (Lipinski definition) is 3. The van der Waals surface area contributed by atoms with Gasteiger partial charge in [-0.25, -0.2) is 4.68 Å². The van der Waals surface area contributed by atoms with E-state index in [1.165, 1.54) is 7.11 Å². The second-order valence-corrected chi connectivity index (χ2v) is 4.45. The van der Waals surface area contributed by atoms with Crippen LogP contribution in [0.2, 0.25) is 0 Å². The van der Waals surface area contributed by atoms with Gasteiger partial charge in [-0.1, -0.05) is 18.2 Å². The Bertz CT molecular complexity index is 561. The zero-order valence-electron chi connectivity index (χ0n) is 11.3. The van der Waals surface area contributed by atoms with Crippen molar-refractivity contribution < 1.29 is 9.53 Å². The number of rotatable bonds is 4. The molecular formula is C14H17N3O2. The summed E-state index contributed by atoms with van der Waals surface area (Å²) in [5.74, 6) is 0.243. The fourth-order valence-corrected chi connectivity index (χ4v) is 1.72. The largest absolute Gasteiger partial charge is 0.480 e. The normalized spacial score (nSPS) is 10.5. The zero-order valence-corrected chi connectivity index (χ0v) is 11.3. The van der Waals surface area contributed by atoms with E-state index in [0.717, 1.165) is 5.69 Å². The molecule has 1 amide bonds. The minimum Gasteiger partial charge on any atom is -0.480 e. The summed E-state index contributed by atoms with van der Waals surface area (Å²) in [5, 5.41) is 7.11. The summed E-state index contributed by atoms with van der Waals surface area (Å²) < 4.78 is 6.68. The Hall–Kier alpha value is -2.30. The van der Waals surface area contributed by atoms with Gasteiger partial charge in [0, 0.05) is 12.1 Å². The lowest BCUT2D eigenvalue weighted by atomic mass is 10.3. The maximum absolute atomic E-state index is 12.2. The minimum absolute atomic E-state index is 0.0672. The fourth-order valence-electron chi connectivity index (χ4n) is 1.72. The van der Waals surface area contributed by atoms with Gasteiger partial charge in [0.1, 0.15) is 5.69 Å². The van der Waals surface area contributed by atoms with Crippen LogP contribution < -0.4 is 10.1 Å². The van der Waals surface area contributed by atoms with E-state index in [9.17, 15) is 4.79 Å². The lowest BCUT2D eigenvalue weighted by molar-refractivity contribution is 0.0935. The maximum Gasteiger partial charge on any atom is 0.270 e. The smallest absolute Gasteiger partial charge is 0.270 e. The highest BCUT2D eigenvalue weighted by atomic mass is 16.5. The molecule has 1 aromatic heterocycles. The van der Waals surface area contributed by atoms with Gasteiger partial charge in [-0.15, -0.1) is 5.10 Å². The first-order valence-electron chi connectivity index (χ1n) is 6.12. The molecule has 0 fully saturated rings. The van der Waals surface area contributed by atoms with Crippen molar-refractivity contribution in [3.05, 3.63) is 42.1 Å². The van der Waals surface area contributed by atoms with E-state index >= 15 is 0 Å². The van der Waals surface area contributed by atoms with Gasteiger partial charge in [0.15, 0.2) is 0 Å². The average Bonchev–Trinajstić information content (AvgIpc) is 2.83. The molecular weight excluding hydrogens is 242 g/mol. The number of amides is 1. The third kappa shape index (κ3) is 2.93. The lowest BCUT2D eigenvalue weighted by Gasteiger charge is -2.10. The molecule has 2 aromatic rings. The Morgan fingerprint density at radius 2 is 2.00 bits per heavy atom. The van der Waals surface area contributed by atoms with E-state index in [2.05, 4.69) is 10.4 Å². The fraction of sp³-hybridized carbons (Fsp3) is 0.286. The second kappa shape index (κ2) is 5.56. The number of carbonyl (C=O) groups is 1. The van der Waals surface area contributed by atoms with Gasteiger partial charge in [0.05, 0.1) is 12.8 Å². The number of methoxy groups -OCH3 is 1. The average molecular weight is 259 g/mol. The van der Waals surface area contributed by atoms with Crippen molar-refractivity contribution >= 4 is 5.91 Å². The molecule has 0 saturated carbocycles. The molecule has 0 aliphatic heterocycles. The second-order valence-electron chi connectivity index (χ2n) is 4.45. The van der Waals surface area contributed by atoms with Crippen molar-refractivity contribution in [3.8, 4) is 11.6 Å². The predicted molar refractivity (Wildman–Crippen MR) is 72.7 cm³/mol. The summed E-state index contributed by atoms with van der Waals surface area (Å²) >= 11 is 0. The number of benzene rings is 1. The predicted octanol–water partition coefficient (Wildman–Crippen LogP) is 2.02. The molecule has 2 rings (SSSR count). The maximum atomic E-state index is 12.2. The number of hydrogen-bond donors (Lipinski definition) is 1. The van der Waals surface area contributed by atoms with Gasteiger partial charge in [0.2, 0.25) is 5.88 Å². The molecule has 100 valence electrons. The number of nitrogens with zero attached hydrogens (tertiary/aromatic N) is 2. The summed E-state index contributed by atoms with van der Waals surface area (Å²) in [4.78, 5) is 12.2. The summed E-state index contributed by atoms with van der Waals surface area (Å²) in [6.07, 6.45) is 0. The van der Waals surface area contributed by atoms with Crippen LogP contribution in [-0.2, 0) is 0 Å². The molecule has 0 atom stereocenters. The number of carbonyl (C=O) groups excluding carboxylic acids is 1. The molecule has 5 heteroatoms. The molecule has 0 spiro atoms. The standard InChI is InChI=1S/C14H17N3O2/c1-10(2)15-14(18)12-9-13(19-3)16-17(12)11-7-5-4-6-8-11/h4-10H,1-3H3,(H,15,18).